The summed E-state index contributed by atoms with van der Waals surface area (Å²) in [5, 5.41) is 14.4. The fourth-order valence-corrected chi connectivity index (χ4v) is 2.20. The third-order valence-corrected chi connectivity index (χ3v) is 3.43. The highest BCUT2D eigenvalue weighted by molar-refractivity contribution is 5.88. The zero-order chi connectivity index (χ0) is 17.9. The number of carbonyl (C=O) groups excluding carboxylic acids is 2. The van der Waals surface area contributed by atoms with Gasteiger partial charge in [0.25, 0.3) is 0 Å². The zero-order valence-electron chi connectivity index (χ0n) is 14.1. The highest BCUT2D eigenvalue weighted by atomic mass is 16.5. The number of carboxylic acids is 1. The average molecular weight is 336 g/mol. The summed E-state index contributed by atoms with van der Waals surface area (Å²) in [7, 11) is 1.48. The van der Waals surface area contributed by atoms with Gasteiger partial charge in [-0.25, -0.2) is 4.79 Å². The van der Waals surface area contributed by atoms with Crippen molar-refractivity contribution in [3.63, 3.8) is 0 Å². The van der Waals surface area contributed by atoms with Crippen LogP contribution in [0.3, 0.4) is 0 Å². The number of nitrogens with one attached hydrogen (secondary N) is 2. The topological polar surface area (TPSA) is 105 Å². The third-order valence-electron chi connectivity index (χ3n) is 3.43. The quantitative estimate of drug-likeness (QED) is 0.598. The van der Waals surface area contributed by atoms with Gasteiger partial charge in [-0.3, -0.25) is 9.59 Å². The van der Waals surface area contributed by atoms with Crippen molar-refractivity contribution in [2.75, 3.05) is 20.2 Å². The number of carbonyl (C=O) groups is 3. The highest BCUT2D eigenvalue weighted by Gasteiger charge is 2.10. The second-order valence-electron chi connectivity index (χ2n) is 5.24. The van der Waals surface area contributed by atoms with Crippen molar-refractivity contribution < 1.29 is 24.2 Å². The predicted molar refractivity (Wildman–Crippen MR) is 89.2 cm³/mol. The fourth-order valence-electron chi connectivity index (χ4n) is 2.20. The maximum atomic E-state index is 11.7. The van der Waals surface area contributed by atoms with Crippen LogP contribution in [-0.4, -0.2) is 43.1 Å². The van der Waals surface area contributed by atoms with E-state index >= 15 is 0 Å². The Hall–Kier alpha value is -2.57. The van der Waals surface area contributed by atoms with E-state index in [0.717, 1.165) is 5.56 Å². The van der Waals surface area contributed by atoms with Gasteiger partial charge >= 0.3 is 5.97 Å². The molecule has 0 fully saturated rings. The monoisotopic (exact) mass is 336 g/mol. The first-order valence-corrected chi connectivity index (χ1v) is 7.91. The lowest BCUT2D eigenvalue weighted by Crippen LogP contribution is -2.26. The van der Waals surface area contributed by atoms with Crippen molar-refractivity contribution in [3.8, 4) is 5.75 Å². The SMILES string of the molecule is CCNC(=O)CCCC(=O)NCCc1ccc(C(=O)O)cc1OC. The van der Waals surface area contributed by atoms with E-state index in [2.05, 4.69) is 10.6 Å². The van der Waals surface area contributed by atoms with Crippen molar-refractivity contribution in [2.24, 2.45) is 0 Å². The van der Waals surface area contributed by atoms with Crippen LogP contribution in [0.1, 0.15) is 42.1 Å². The van der Waals surface area contributed by atoms with Crippen LogP contribution in [-0.2, 0) is 16.0 Å². The molecule has 24 heavy (non-hydrogen) atoms. The minimum Gasteiger partial charge on any atom is -0.496 e. The number of aromatic carboxylic acids is 1. The molecule has 1 aromatic rings. The molecule has 0 spiro atoms. The van der Waals surface area contributed by atoms with Crippen LogP contribution in [0.2, 0.25) is 0 Å². The molecule has 1 aromatic carbocycles. The first-order valence-electron chi connectivity index (χ1n) is 7.91. The molecule has 132 valence electrons. The van der Waals surface area contributed by atoms with Crippen molar-refractivity contribution in [1.29, 1.82) is 0 Å². The molecule has 0 unspecified atom stereocenters. The fraction of sp³-hybridized carbons (Fsp3) is 0.471. The Balaban J connectivity index is 2.37. The summed E-state index contributed by atoms with van der Waals surface area (Å²) >= 11 is 0. The summed E-state index contributed by atoms with van der Waals surface area (Å²) in [4.78, 5) is 33.9. The zero-order valence-corrected chi connectivity index (χ0v) is 14.1. The Kier molecular flexibility index (Phi) is 8.32. The number of hydrogen-bond donors (Lipinski definition) is 3. The summed E-state index contributed by atoms with van der Waals surface area (Å²) in [6.07, 6.45) is 1.68. The molecule has 0 aliphatic rings. The molecule has 0 bridgehead atoms. The molecule has 3 N–H and O–H groups in total. The Bertz CT molecular complexity index is 586. The van der Waals surface area contributed by atoms with Crippen LogP contribution < -0.4 is 15.4 Å². The molecule has 0 aliphatic heterocycles. The molecule has 1 rings (SSSR count). The second kappa shape index (κ2) is 10.3. The number of carboxylic acid groups (broad SMARTS) is 1. The number of ether oxygens (including phenoxy) is 1. The molecule has 0 heterocycles. The molecule has 0 saturated heterocycles. The largest absolute Gasteiger partial charge is 0.496 e. The summed E-state index contributed by atoms with van der Waals surface area (Å²) in [6, 6.07) is 4.66. The summed E-state index contributed by atoms with van der Waals surface area (Å²) in [5.41, 5.74) is 0.982. The van der Waals surface area contributed by atoms with Crippen LogP contribution >= 0.6 is 0 Å². The Morgan fingerprint density at radius 1 is 1.12 bits per heavy atom. The van der Waals surface area contributed by atoms with Crippen LogP contribution in [0.15, 0.2) is 18.2 Å². The average Bonchev–Trinajstić information content (AvgIpc) is 2.55. The molecule has 0 radical (unpaired) electrons. The van der Waals surface area contributed by atoms with Crippen molar-refractivity contribution in [1.82, 2.24) is 10.6 Å². The second-order valence-corrected chi connectivity index (χ2v) is 5.24. The Morgan fingerprint density at radius 2 is 1.79 bits per heavy atom. The molecule has 7 nitrogen and oxygen atoms in total. The Labute approximate surface area is 141 Å². The first-order chi connectivity index (χ1) is 11.5. The summed E-state index contributed by atoms with van der Waals surface area (Å²) in [5.74, 6) is -0.686. The molecular formula is C17H24N2O5. The molecule has 0 saturated carbocycles. The summed E-state index contributed by atoms with van der Waals surface area (Å²) in [6.45, 7) is 2.86. The van der Waals surface area contributed by atoms with Gasteiger partial charge in [0.1, 0.15) is 5.75 Å². The van der Waals surface area contributed by atoms with Gasteiger partial charge in [-0.1, -0.05) is 6.07 Å². The van der Waals surface area contributed by atoms with Crippen molar-refractivity contribution in [3.05, 3.63) is 29.3 Å². The summed E-state index contributed by atoms with van der Waals surface area (Å²) < 4.78 is 5.19. The lowest BCUT2D eigenvalue weighted by Gasteiger charge is -2.10. The predicted octanol–water partition coefficient (Wildman–Crippen LogP) is 1.36. The molecule has 0 aromatic heterocycles. The van der Waals surface area contributed by atoms with Gasteiger partial charge in [0.15, 0.2) is 0 Å². The molecular weight excluding hydrogens is 312 g/mol. The normalized spacial score (nSPS) is 10.1. The van der Waals surface area contributed by atoms with Gasteiger partial charge in [0.2, 0.25) is 11.8 Å². The lowest BCUT2D eigenvalue weighted by molar-refractivity contribution is -0.122. The van der Waals surface area contributed by atoms with Gasteiger partial charge in [-0.05, 0) is 37.5 Å². The standard InChI is InChI=1S/C17H24N2O5/c1-3-18-15(20)5-4-6-16(21)19-10-9-12-7-8-13(17(22)23)11-14(12)24-2/h7-8,11H,3-6,9-10H2,1-2H3,(H,18,20)(H,19,21)(H,22,23). The van der Waals surface area contributed by atoms with E-state index in [9.17, 15) is 14.4 Å². The number of methoxy groups -OCH3 is 1. The molecule has 0 aliphatic carbocycles. The van der Waals surface area contributed by atoms with Crippen LogP contribution in [0.4, 0.5) is 0 Å². The van der Waals surface area contributed by atoms with Crippen molar-refractivity contribution in [2.45, 2.75) is 32.6 Å². The Morgan fingerprint density at radius 3 is 2.38 bits per heavy atom. The van der Waals surface area contributed by atoms with Gasteiger partial charge in [0.05, 0.1) is 12.7 Å². The van der Waals surface area contributed by atoms with Gasteiger partial charge in [-0.15, -0.1) is 0 Å². The van der Waals surface area contributed by atoms with Crippen LogP contribution in [0.5, 0.6) is 5.75 Å². The van der Waals surface area contributed by atoms with Gasteiger partial charge in [-0.2, -0.15) is 0 Å². The molecule has 7 heteroatoms. The van der Waals surface area contributed by atoms with E-state index in [-0.39, 0.29) is 17.4 Å². The first kappa shape index (κ1) is 19.5. The molecule has 0 atom stereocenters. The number of amides is 2. The van der Waals surface area contributed by atoms with E-state index in [0.29, 0.717) is 44.5 Å². The van der Waals surface area contributed by atoms with Gasteiger partial charge in [0, 0.05) is 25.9 Å². The van der Waals surface area contributed by atoms with Gasteiger partial charge < -0.3 is 20.5 Å². The maximum Gasteiger partial charge on any atom is 0.335 e. The minimum atomic E-state index is -1.01. The smallest absolute Gasteiger partial charge is 0.335 e. The third kappa shape index (κ3) is 6.68. The van der Waals surface area contributed by atoms with E-state index < -0.39 is 5.97 Å². The maximum absolute atomic E-state index is 11.7. The van der Waals surface area contributed by atoms with Crippen LogP contribution in [0.25, 0.3) is 0 Å². The van der Waals surface area contributed by atoms with E-state index in [4.69, 9.17) is 9.84 Å². The number of hydrogen-bond acceptors (Lipinski definition) is 4. The molecule has 2 amide bonds. The number of benzene rings is 1. The minimum absolute atomic E-state index is 0.0476. The van der Waals surface area contributed by atoms with E-state index in [1.807, 2.05) is 6.92 Å². The highest BCUT2D eigenvalue weighted by Crippen LogP contribution is 2.20. The van der Waals surface area contributed by atoms with Crippen molar-refractivity contribution >= 4 is 17.8 Å². The lowest BCUT2D eigenvalue weighted by atomic mass is 10.1. The number of rotatable bonds is 10. The van der Waals surface area contributed by atoms with E-state index in [1.165, 1.54) is 19.2 Å². The van der Waals surface area contributed by atoms with Crippen LogP contribution in [0, 0.1) is 0 Å². The van der Waals surface area contributed by atoms with E-state index in [1.54, 1.807) is 6.07 Å².